The molecule has 2 aromatic heterocycles. The van der Waals surface area contributed by atoms with Gasteiger partial charge >= 0.3 is 5.91 Å². The van der Waals surface area contributed by atoms with Gasteiger partial charge in [-0.25, -0.2) is 9.67 Å². The van der Waals surface area contributed by atoms with Gasteiger partial charge in [-0.3, -0.25) is 20.4 Å². The van der Waals surface area contributed by atoms with Crippen molar-refractivity contribution in [1.29, 1.82) is 0 Å². The summed E-state index contributed by atoms with van der Waals surface area (Å²) >= 11 is 1.52. The van der Waals surface area contributed by atoms with E-state index in [9.17, 15) is 9.59 Å². The molecule has 2 heterocycles. The molecule has 25 heavy (non-hydrogen) atoms. The van der Waals surface area contributed by atoms with Gasteiger partial charge in [0.05, 0.1) is 10.6 Å². The molecule has 7 nitrogen and oxygen atoms in total. The first-order valence-corrected chi connectivity index (χ1v) is 8.77. The molecule has 126 valence electrons. The number of nitrogens with zero attached hydrogens (tertiary/aromatic N) is 3. The molecule has 1 fully saturated rings. The summed E-state index contributed by atoms with van der Waals surface area (Å²) in [6.07, 6.45) is 1.73. The first-order chi connectivity index (χ1) is 12.2. The second kappa shape index (κ2) is 6.48. The second-order valence-corrected chi connectivity index (χ2v) is 6.65. The number of nitrogens with one attached hydrogen (secondary N) is 2. The summed E-state index contributed by atoms with van der Waals surface area (Å²) < 4.78 is 1.63. The van der Waals surface area contributed by atoms with Crippen molar-refractivity contribution in [2.75, 3.05) is 0 Å². The van der Waals surface area contributed by atoms with E-state index < -0.39 is 5.91 Å². The summed E-state index contributed by atoms with van der Waals surface area (Å²) in [5.41, 5.74) is 5.61. The van der Waals surface area contributed by atoms with Crippen LogP contribution in [0.4, 0.5) is 0 Å². The minimum Gasteiger partial charge on any atom is -0.273 e. The maximum Gasteiger partial charge on any atom is 0.309 e. The molecule has 0 atom stereocenters. The summed E-state index contributed by atoms with van der Waals surface area (Å²) in [5.74, 6) is -0.115. The van der Waals surface area contributed by atoms with Crippen molar-refractivity contribution in [3.05, 3.63) is 53.7 Å². The summed E-state index contributed by atoms with van der Waals surface area (Å²) in [6, 6.07) is 13.3. The lowest BCUT2D eigenvalue weighted by Crippen LogP contribution is -2.42. The molecule has 0 saturated heterocycles. The maximum atomic E-state index is 12.3. The number of hydrogen-bond acceptors (Lipinski definition) is 5. The number of hydrogen-bond donors (Lipinski definition) is 2. The highest BCUT2D eigenvalue weighted by atomic mass is 32.1. The topological polar surface area (TPSA) is 88.9 Å². The van der Waals surface area contributed by atoms with Gasteiger partial charge in [0.25, 0.3) is 0 Å². The Morgan fingerprint density at radius 3 is 2.56 bits per heavy atom. The molecule has 0 unspecified atom stereocenters. The molecular weight excluding hydrogens is 338 g/mol. The minimum atomic E-state index is -0.540. The molecule has 1 aliphatic rings. The average Bonchev–Trinajstić information content (AvgIpc) is 3.18. The van der Waals surface area contributed by atoms with E-state index in [-0.39, 0.29) is 17.6 Å². The van der Waals surface area contributed by atoms with Crippen LogP contribution in [0.15, 0.2) is 47.8 Å². The lowest BCUT2D eigenvalue weighted by molar-refractivity contribution is -0.123. The van der Waals surface area contributed by atoms with Gasteiger partial charge in [-0.15, -0.1) is 16.4 Å². The minimum absolute atomic E-state index is 0.00310. The molecule has 8 heteroatoms. The van der Waals surface area contributed by atoms with Gasteiger partial charge in [0, 0.05) is 5.92 Å². The van der Waals surface area contributed by atoms with Gasteiger partial charge < -0.3 is 0 Å². The smallest absolute Gasteiger partial charge is 0.273 e. The molecule has 1 saturated carbocycles. The average molecular weight is 353 g/mol. The molecule has 0 spiro atoms. The Labute approximate surface area is 147 Å². The van der Waals surface area contributed by atoms with E-state index in [0.717, 1.165) is 23.4 Å². The highest BCUT2D eigenvalue weighted by Gasteiger charge is 2.30. The molecule has 1 aromatic carbocycles. The van der Waals surface area contributed by atoms with Crippen LogP contribution < -0.4 is 10.9 Å². The number of carbonyl (C=O) groups excluding carboxylic acids is 2. The van der Waals surface area contributed by atoms with Crippen LogP contribution >= 0.6 is 11.3 Å². The standard InChI is InChI=1S/C17H15N5O2S/c23-16(11-8-9-11)19-20-17(24)14-18-15(13-7-4-10-25-13)22(21-14)12-5-2-1-3-6-12/h1-7,10-11H,8-9H2,(H,19,23)(H,20,24). The zero-order valence-corrected chi connectivity index (χ0v) is 14.0. The maximum absolute atomic E-state index is 12.3. The summed E-state index contributed by atoms with van der Waals surface area (Å²) in [7, 11) is 0. The van der Waals surface area contributed by atoms with Crippen molar-refractivity contribution in [2.24, 2.45) is 5.92 Å². The predicted molar refractivity (Wildman–Crippen MR) is 93.0 cm³/mol. The third-order valence-corrected chi connectivity index (χ3v) is 4.67. The van der Waals surface area contributed by atoms with Gasteiger partial charge in [-0.1, -0.05) is 24.3 Å². The highest BCUT2D eigenvalue weighted by molar-refractivity contribution is 7.13. The first kappa shape index (κ1) is 15.5. The fourth-order valence-corrected chi connectivity index (χ4v) is 3.04. The molecule has 0 aliphatic heterocycles. The van der Waals surface area contributed by atoms with Crippen LogP contribution in [-0.2, 0) is 4.79 Å². The van der Waals surface area contributed by atoms with Crippen molar-refractivity contribution in [3.63, 3.8) is 0 Å². The van der Waals surface area contributed by atoms with E-state index >= 15 is 0 Å². The van der Waals surface area contributed by atoms with Gasteiger partial charge in [-0.05, 0) is 36.4 Å². The van der Waals surface area contributed by atoms with Crippen molar-refractivity contribution in [2.45, 2.75) is 12.8 Å². The molecule has 3 aromatic rings. The molecule has 0 radical (unpaired) electrons. The van der Waals surface area contributed by atoms with Crippen LogP contribution in [0.25, 0.3) is 16.4 Å². The number of para-hydroxylation sites is 1. The number of carbonyl (C=O) groups is 2. The van der Waals surface area contributed by atoms with Gasteiger partial charge in [0.2, 0.25) is 11.7 Å². The number of rotatable bonds is 4. The predicted octanol–water partition coefficient (Wildman–Crippen LogP) is 2.17. The van der Waals surface area contributed by atoms with Gasteiger partial charge in [0.15, 0.2) is 5.82 Å². The molecular formula is C17H15N5O2S. The van der Waals surface area contributed by atoms with Crippen molar-refractivity contribution >= 4 is 23.2 Å². The van der Waals surface area contributed by atoms with E-state index in [1.54, 1.807) is 4.68 Å². The number of benzene rings is 1. The molecule has 2 N–H and O–H groups in total. The Bertz CT molecular complexity index is 901. The van der Waals surface area contributed by atoms with E-state index in [4.69, 9.17) is 0 Å². The Morgan fingerprint density at radius 2 is 1.88 bits per heavy atom. The molecule has 2 amide bonds. The molecule has 0 bridgehead atoms. The molecule has 4 rings (SSSR count). The van der Waals surface area contributed by atoms with Crippen molar-refractivity contribution < 1.29 is 9.59 Å². The van der Waals surface area contributed by atoms with E-state index in [2.05, 4.69) is 20.9 Å². The Morgan fingerprint density at radius 1 is 1.08 bits per heavy atom. The number of amides is 2. The second-order valence-electron chi connectivity index (χ2n) is 5.70. The van der Waals surface area contributed by atoms with Gasteiger partial charge in [-0.2, -0.15) is 0 Å². The number of aromatic nitrogens is 3. The van der Waals surface area contributed by atoms with Crippen molar-refractivity contribution in [1.82, 2.24) is 25.6 Å². The quantitative estimate of drug-likeness (QED) is 0.704. The van der Waals surface area contributed by atoms with Crippen molar-refractivity contribution in [3.8, 4) is 16.4 Å². The van der Waals surface area contributed by atoms with E-state index in [1.165, 1.54) is 11.3 Å². The zero-order valence-electron chi connectivity index (χ0n) is 13.2. The lowest BCUT2D eigenvalue weighted by Gasteiger charge is -2.04. The van der Waals surface area contributed by atoms with Crippen LogP contribution in [0, 0.1) is 5.92 Å². The monoisotopic (exact) mass is 353 g/mol. The van der Waals surface area contributed by atoms with E-state index in [1.807, 2.05) is 47.8 Å². The lowest BCUT2D eigenvalue weighted by atomic mass is 10.3. The van der Waals surface area contributed by atoms with Crippen LogP contribution in [0.1, 0.15) is 23.5 Å². The summed E-state index contributed by atoms with van der Waals surface area (Å²) in [6.45, 7) is 0. The fourth-order valence-electron chi connectivity index (χ4n) is 2.34. The Kier molecular flexibility index (Phi) is 4.02. The van der Waals surface area contributed by atoms with Crippen LogP contribution in [0.5, 0.6) is 0 Å². The largest absolute Gasteiger partial charge is 0.309 e. The third kappa shape index (κ3) is 3.29. The fraction of sp³-hybridized carbons (Fsp3) is 0.176. The van der Waals surface area contributed by atoms with E-state index in [0.29, 0.717) is 5.82 Å². The Hall–Kier alpha value is -3.00. The summed E-state index contributed by atoms with van der Waals surface area (Å²) in [5, 5.41) is 6.26. The summed E-state index contributed by atoms with van der Waals surface area (Å²) in [4.78, 5) is 29.2. The SMILES string of the molecule is O=C(NNC(=O)C1CC1)c1nc(-c2cccs2)n(-c2ccccc2)n1. The normalized spacial score (nSPS) is 13.4. The number of hydrazine groups is 1. The van der Waals surface area contributed by atoms with Crippen LogP contribution in [-0.4, -0.2) is 26.6 Å². The highest BCUT2D eigenvalue weighted by Crippen LogP contribution is 2.28. The third-order valence-electron chi connectivity index (χ3n) is 3.80. The number of thiophene rings is 1. The van der Waals surface area contributed by atoms with Crippen LogP contribution in [0.2, 0.25) is 0 Å². The molecule has 1 aliphatic carbocycles. The Balaban J connectivity index is 1.62. The zero-order chi connectivity index (χ0) is 17.2. The first-order valence-electron chi connectivity index (χ1n) is 7.89. The van der Waals surface area contributed by atoms with Crippen LogP contribution in [0.3, 0.4) is 0 Å². The van der Waals surface area contributed by atoms with Gasteiger partial charge in [0.1, 0.15) is 0 Å².